The van der Waals surface area contributed by atoms with E-state index in [1.165, 1.54) is 12.1 Å². The van der Waals surface area contributed by atoms with Gasteiger partial charge in [0.15, 0.2) is 16.2 Å². The van der Waals surface area contributed by atoms with E-state index in [-0.39, 0.29) is 21.7 Å². The van der Waals surface area contributed by atoms with Crippen LogP contribution < -0.4 is 0 Å². The maximum Gasteiger partial charge on any atom is 0.357 e. The number of hydrogen-bond donors (Lipinski definition) is 1. The highest BCUT2D eigenvalue weighted by Crippen LogP contribution is 2.20. The fourth-order valence-electron chi connectivity index (χ4n) is 2.07. The molecule has 0 aliphatic rings. The second-order valence-corrected chi connectivity index (χ2v) is 5.14. The molecule has 1 aromatic heterocycles. The molecule has 0 aliphatic carbocycles. The minimum atomic E-state index is -0.986. The molecule has 0 aliphatic heterocycles. The summed E-state index contributed by atoms with van der Waals surface area (Å²) in [5.74, 6) is -2.73. The fraction of sp³-hybridized carbons (Fsp3) is 0.133. The van der Waals surface area contributed by atoms with E-state index in [1.807, 2.05) is 0 Å². The number of ether oxygens (including phenoxy) is 2. The molecule has 0 unspecified atom stereocenters. The number of nitrogens with zero attached hydrogens (tertiary/aromatic N) is 2. The van der Waals surface area contributed by atoms with E-state index in [9.17, 15) is 24.5 Å². The van der Waals surface area contributed by atoms with Gasteiger partial charge in [0.25, 0.3) is 5.69 Å². The molecule has 1 aromatic carbocycles. The summed E-state index contributed by atoms with van der Waals surface area (Å²) >= 11 is 4.86. The maximum atomic E-state index is 12.8. The van der Waals surface area contributed by atoms with Crippen molar-refractivity contribution >= 4 is 35.6 Å². The molecule has 11 heteroatoms. The monoisotopic (exact) mass is 377 g/mol. The molecule has 2 aromatic rings. The Morgan fingerprint density at radius 3 is 2.19 bits per heavy atom. The molecule has 26 heavy (non-hydrogen) atoms. The Morgan fingerprint density at radius 1 is 1.12 bits per heavy atom. The molecule has 0 radical (unpaired) electrons. The molecule has 10 nitrogen and oxygen atoms in total. The number of aromatic nitrogens is 2. The Bertz CT molecular complexity index is 926. The lowest BCUT2D eigenvalue weighted by Gasteiger charge is -2.11. The third kappa shape index (κ3) is 3.62. The van der Waals surface area contributed by atoms with E-state index in [4.69, 9.17) is 12.2 Å². The van der Waals surface area contributed by atoms with E-state index >= 15 is 0 Å². The Morgan fingerprint density at radius 2 is 1.69 bits per heavy atom. The van der Waals surface area contributed by atoms with Gasteiger partial charge in [-0.3, -0.25) is 14.9 Å². The van der Waals surface area contributed by atoms with Crippen molar-refractivity contribution in [1.82, 2.24) is 9.97 Å². The van der Waals surface area contributed by atoms with Crippen LogP contribution in [0.2, 0.25) is 0 Å². The van der Waals surface area contributed by atoms with Gasteiger partial charge in [-0.25, -0.2) is 14.6 Å². The Labute approximate surface area is 150 Å². The van der Waals surface area contributed by atoms with Crippen molar-refractivity contribution in [1.29, 1.82) is 0 Å². The number of H-pyrrole nitrogens is 1. The SMILES string of the molecule is COC(=O)c1nc(=S)[nH]c(C(=O)OC)c1C(=O)c1ccc([N+](=O)[O-])cc1. The second-order valence-electron chi connectivity index (χ2n) is 4.76. The lowest BCUT2D eigenvalue weighted by atomic mass is 9.99. The average Bonchev–Trinajstić information content (AvgIpc) is 2.65. The van der Waals surface area contributed by atoms with Crippen LogP contribution in [0.15, 0.2) is 24.3 Å². The molecule has 2 rings (SSSR count). The number of nitrogens with one attached hydrogen (secondary N) is 1. The first-order chi connectivity index (χ1) is 12.3. The van der Waals surface area contributed by atoms with Crippen LogP contribution >= 0.6 is 12.2 Å². The van der Waals surface area contributed by atoms with E-state index < -0.39 is 33.9 Å². The normalized spacial score (nSPS) is 10.1. The molecule has 0 bridgehead atoms. The second kappa shape index (κ2) is 7.61. The van der Waals surface area contributed by atoms with E-state index in [0.717, 1.165) is 26.4 Å². The molecule has 0 saturated carbocycles. The van der Waals surface area contributed by atoms with Crippen LogP contribution in [0, 0.1) is 14.9 Å². The van der Waals surface area contributed by atoms with Gasteiger partial charge in [0.05, 0.1) is 24.7 Å². The standard InChI is InChI=1S/C15H11N3O7S/c1-24-13(20)10-9(11(14(21)25-2)17-15(26)16-10)12(19)7-3-5-8(6-4-7)18(22)23/h3-6H,1-2H3,(H,16,17,26). The molecule has 134 valence electrons. The average molecular weight is 377 g/mol. The zero-order chi connectivity index (χ0) is 19.4. The fourth-order valence-corrected chi connectivity index (χ4v) is 2.27. The summed E-state index contributed by atoms with van der Waals surface area (Å²) in [4.78, 5) is 53.1. The smallest absolute Gasteiger partial charge is 0.357 e. The van der Waals surface area contributed by atoms with Crippen molar-refractivity contribution in [2.24, 2.45) is 0 Å². The summed E-state index contributed by atoms with van der Waals surface area (Å²) in [6, 6.07) is 4.59. The molecule has 0 atom stereocenters. The number of carbonyl (C=O) groups is 3. The number of nitro groups is 1. The number of carbonyl (C=O) groups excluding carboxylic acids is 3. The molecule has 0 saturated heterocycles. The summed E-state index contributed by atoms with van der Waals surface area (Å²) in [6.07, 6.45) is 0. The highest BCUT2D eigenvalue weighted by Gasteiger charge is 2.29. The van der Waals surface area contributed by atoms with Gasteiger partial charge >= 0.3 is 11.9 Å². The largest absolute Gasteiger partial charge is 0.464 e. The number of aromatic amines is 1. The number of hydrogen-bond acceptors (Lipinski definition) is 9. The van der Waals surface area contributed by atoms with Crippen LogP contribution in [0.1, 0.15) is 36.9 Å². The van der Waals surface area contributed by atoms with Crippen LogP contribution in [-0.2, 0) is 9.47 Å². The van der Waals surface area contributed by atoms with Crippen LogP contribution in [0.25, 0.3) is 0 Å². The highest BCUT2D eigenvalue weighted by atomic mass is 32.1. The molecular formula is C15H11N3O7S. The van der Waals surface area contributed by atoms with E-state index in [0.29, 0.717) is 0 Å². The zero-order valence-corrected chi connectivity index (χ0v) is 14.3. The molecule has 1 heterocycles. The number of methoxy groups -OCH3 is 2. The number of non-ortho nitro benzene ring substituents is 1. The van der Waals surface area contributed by atoms with Crippen molar-refractivity contribution < 1.29 is 28.8 Å². The Hall–Kier alpha value is -3.47. The van der Waals surface area contributed by atoms with Gasteiger partial charge in [-0.1, -0.05) is 0 Å². The minimum Gasteiger partial charge on any atom is -0.464 e. The minimum absolute atomic E-state index is 0.0155. The van der Waals surface area contributed by atoms with Crippen molar-refractivity contribution in [3.63, 3.8) is 0 Å². The van der Waals surface area contributed by atoms with Crippen molar-refractivity contribution in [3.05, 3.63) is 61.7 Å². The van der Waals surface area contributed by atoms with Crippen molar-refractivity contribution in [2.45, 2.75) is 0 Å². The van der Waals surface area contributed by atoms with Crippen LogP contribution in [0.3, 0.4) is 0 Å². The van der Waals surface area contributed by atoms with E-state index in [1.54, 1.807) is 0 Å². The van der Waals surface area contributed by atoms with Crippen molar-refractivity contribution in [2.75, 3.05) is 14.2 Å². The summed E-state index contributed by atoms with van der Waals surface area (Å²) in [5.41, 5.74) is -1.51. The number of rotatable bonds is 5. The topological polar surface area (TPSA) is 141 Å². The first-order valence-corrected chi connectivity index (χ1v) is 7.31. The van der Waals surface area contributed by atoms with Gasteiger partial charge < -0.3 is 14.5 Å². The molecule has 1 N–H and O–H groups in total. The molecule has 0 amide bonds. The predicted octanol–water partition coefficient (Wildman–Crippen LogP) is 1.85. The van der Waals surface area contributed by atoms with Gasteiger partial charge in [-0.05, 0) is 24.4 Å². The summed E-state index contributed by atoms with van der Waals surface area (Å²) in [6.45, 7) is 0. The van der Waals surface area contributed by atoms with Gasteiger partial charge in [0.2, 0.25) is 0 Å². The van der Waals surface area contributed by atoms with Gasteiger partial charge in [-0.2, -0.15) is 0 Å². The highest BCUT2D eigenvalue weighted by molar-refractivity contribution is 7.71. The lowest BCUT2D eigenvalue weighted by Crippen LogP contribution is -2.21. The summed E-state index contributed by atoms with van der Waals surface area (Å²) in [5, 5.41) is 10.7. The van der Waals surface area contributed by atoms with Crippen LogP contribution in [-0.4, -0.2) is 46.8 Å². The van der Waals surface area contributed by atoms with E-state index in [2.05, 4.69) is 19.4 Å². The number of benzene rings is 1. The van der Waals surface area contributed by atoms with Gasteiger partial charge in [-0.15, -0.1) is 0 Å². The lowest BCUT2D eigenvalue weighted by molar-refractivity contribution is -0.384. The Balaban J connectivity index is 2.70. The Kier molecular flexibility index (Phi) is 5.52. The third-order valence-electron chi connectivity index (χ3n) is 3.27. The van der Waals surface area contributed by atoms with Gasteiger partial charge in [0.1, 0.15) is 5.69 Å². The summed E-state index contributed by atoms with van der Waals surface area (Å²) < 4.78 is 8.95. The molecule has 0 spiro atoms. The van der Waals surface area contributed by atoms with Crippen LogP contribution in [0.5, 0.6) is 0 Å². The quantitative estimate of drug-likeness (QED) is 0.271. The number of ketones is 1. The molecule has 0 fully saturated rings. The molecular weight excluding hydrogens is 366 g/mol. The summed E-state index contributed by atoms with van der Waals surface area (Å²) in [7, 11) is 2.15. The maximum absolute atomic E-state index is 12.8. The number of nitro benzene ring substituents is 1. The predicted molar refractivity (Wildman–Crippen MR) is 88.6 cm³/mol. The van der Waals surface area contributed by atoms with Crippen molar-refractivity contribution in [3.8, 4) is 0 Å². The first kappa shape index (κ1) is 18.9. The van der Waals surface area contributed by atoms with Crippen LogP contribution in [0.4, 0.5) is 5.69 Å². The third-order valence-corrected chi connectivity index (χ3v) is 3.46. The zero-order valence-electron chi connectivity index (χ0n) is 13.5. The first-order valence-electron chi connectivity index (χ1n) is 6.90. The number of esters is 2. The van der Waals surface area contributed by atoms with Gasteiger partial charge in [0, 0.05) is 17.7 Å².